The fourth-order valence-corrected chi connectivity index (χ4v) is 4.23. The van der Waals surface area contributed by atoms with E-state index in [1.165, 1.54) is 24.8 Å². The summed E-state index contributed by atoms with van der Waals surface area (Å²) < 4.78 is 0. The lowest BCUT2D eigenvalue weighted by Gasteiger charge is -2.45. The molecule has 0 spiro atoms. The van der Waals surface area contributed by atoms with Crippen LogP contribution in [0.3, 0.4) is 0 Å². The molecule has 1 fully saturated rings. The molecule has 0 aliphatic heterocycles. The van der Waals surface area contributed by atoms with Gasteiger partial charge in [0.05, 0.1) is 0 Å². The maximum absolute atomic E-state index is 6.07. The van der Waals surface area contributed by atoms with Gasteiger partial charge in [-0.2, -0.15) is 0 Å². The van der Waals surface area contributed by atoms with Gasteiger partial charge in [0.1, 0.15) is 0 Å². The van der Waals surface area contributed by atoms with Crippen molar-refractivity contribution in [3.63, 3.8) is 0 Å². The summed E-state index contributed by atoms with van der Waals surface area (Å²) in [5.41, 5.74) is 1.69. The van der Waals surface area contributed by atoms with Gasteiger partial charge in [-0.1, -0.05) is 44.0 Å². The third-order valence-corrected chi connectivity index (χ3v) is 5.14. The molecular weight excluding hydrogens is 280 g/mol. The first-order valence-electron chi connectivity index (χ1n) is 8.02. The Labute approximate surface area is 134 Å². The number of halogens is 1. The molecule has 0 aromatic heterocycles. The van der Waals surface area contributed by atoms with Crippen LogP contribution >= 0.6 is 11.6 Å². The normalized spacial score (nSPS) is 25.2. The number of nitrogens with zero attached hydrogens (tertiary/aromatic N) is 1. The van der Waals surface area contributed by atoms with Crippen molar-refractivity contribution in [1.29, 1.82) is 0 Å². The van der Waals surface area contributed by atoms with Gasteiger partial charge in [0.2, 0.25) is 0 Å². The number of benzene rings is 1. The minimum absolute atomic E-state index is 0.397. The molecule has 2 unspecified atom stereocenters. The summed E-state index contributed by atoms with van der Waals surface area (Å²) in [6.07, 6.45) is 4.00. The first-order valence-corrected chi connectivity index (χ1v) is 8.40. The van der Waals surface area contributed by atoms with E-state index >= 15 is 0 Å². The van der Waals surface area contributed by atoms with Crippen LogP contribution in [0.1, 0.15) is 38.7 Å². The Morgan fingerprint density at radius 1 is 1.38 bits per heavy atom. The zero-order valence-electron chi connectivity index (χ0n) is 13.8. The average molecular weight is 309 g/mol. The van der Waals surface area contributed by atoms with Gasteiger partial charge in [0.15, 0.2) is 0 Å². The van der Waals surface area contributed by atoms with Crippen molar-refractivity contribution in [3.8, 4) is 0 Å². The van der Waals surface area contributed by atoms with E-state index in [2.05, 4.69) is 50.3 Å². The molecule has 0 heterocycles. The highest BCUT2D eigenvalue weighted by Gasteiger charge is 2.38. The highest BCUT2D eigenvalue weighted by atomic mass is 35.5. The topological polar surface area (TPSA) is 15.3 Å². The molecular formula is C18H29ClN2. The van der Waals surface area contributed by atoms with Crippen molar-refractivity contribution in [2.75, 3.05) is 20.6 Å². The summed E-state index contributed by atoms with van der Waals surface area (Å²) >= 11 is 6.07. The van der Waals surface area contributed by atoms with E-state index in [0.717, 1.165) is 24.0 Å². The highest BCUT2D eigenvalue weighted by molar-refractivity contribution is 6.30. The molecule has 0 saturated heterocycles. The third kappa shape index (κ3) is 4.45. The van der Waals surface area contributed by atoms with Crippen molar-refractivity contribution >= 4 is 11.6 Å². The van der Waals surface area contributed by atoms with Crippen LogP contribution in [0.5, 0.6) is 0 Å². The van der Waals surface area contributed by atoms with Crippen molar-refractivity contribution in [2.45, 2.75) is 45.7 Å². The van der Waals surface area contributed by atoms with E-state index in [9.17, 15) is 0 Å². The average Bonchev–Trinajstić information content (AvgIpc) is 2.37. The molecule has 1 N–H and O–H groups in total. The Morgan fingerprint density at radius 3 is 2.81 bits per heavy atom. The molecule has 2 nitrogen and oxygen atoms in total. The first-order chi connectivity index (χ1) is 9.92. The van der Waals surface area contributed by atoms with Gasteiger partial charge in [-0.15, -0.1) is 0 Å². The van der Waals surface area contributed by atoms with Gasteiger partial charge in [-0.25, -0.2) is 0 Å². The van der Waals surface area contributed by atoms with Gasteiger partial charge < -0.3 is 10.2 Å². The Balaban J connectivity index is 1.96. The second kappa shape index (κ2) is 7.13. The maximum Gasteiger partial charge on any atom is 0.0409 e. The molecule has 1 saturated carbocycles. The minimum Gasteiger partial charge on any atom is -0.316 e. The van der Waals surface area contributed by atoms with Gasteiger partial charge in [-0.05, 0) is 56.0 Å². The van der Waals surface area contributed by atoms with Gasteiger partial charge in [0.25, 0.3) is 0 Å². The Kier molecular flexibility index (Phi) is 5.70. The lowest BCUT2D eigenvalue weighted by molar-refractivity contribution is 0.0888. The Morgan fingerprint density at radius 2 is 2.14 bits per heavy atom. The summed E-state index contributed by atoms with van der Waals surface area (Å²) in [6.45, 7) is 6.91. The van der Waals surface area contributed by atoms with E-state index in [4.69, 9.17) is 11.6 Å². The third-order valence-electron chi connectivity index (χ3n) is 4.91. The zero-order valence-corrected chi connectivity index (χ0v) is 14.6. The molecule has 0 bridgehead atoms. The van der Waals surface area contributed by atoms with E-state index in [1.54, 1.807) is 0 Å². The molecule has 21 heavy (non-hydrogen) atoms. The summed E-state index contributed by atoms with van der Waals surface area (Å²) in [5.74, 6) is 0.725. The van der Waals surface area contributed by atoms with Crippen LogP contribution in [0.4, 0.5) is 0 Å². The largest absolute Gasteiger partial charge is 0.316 e. The molecule has 1 aromatic rings. The minimum atomic E-state index is 0.397. The predicted octanol–water partition coefficient (Wildman–Crippen LogP) is 4.19. The van der Waals surface area contributed by atoms with E-state index < -0.39 is 0 Å². The number of rotatable bonds is 5. The van der Waals surface area contributed by atoms with Crippen LogP contribution in [0, 0.1) is 11.3 Å². The van der Waals surface area contributed by atoms with Crippen molar-refractivity contribution in [3.05, 3.63) is 34.9 Å². The molecule has 2 atom stereocenters. The molecule has 118 valence electrons. The van der Waals surface area contributed by atoms with Crippen LogP contribution in [-0.2, 0) is 6.54 Å². The summed E-state index contributed by atoms with van der Waals surface area (Å²) in [5, 5.41) is 4.40. The molecule has 2 rings (SSSR count). The fraction of sp³-hybridized carbons (Fsp3) is 0.667. The predicted molar refractivity (Wildman–Crippen MR) is 91.8 cm³/mol. The molecule has 3 heteroatoms. The van der Waals surface area contributed by atoms with Crippen LogP contribution in [0.15, 0.2) is 24.3 Å². The van der Waals surface area contributed by atoms with Crippen LogP contribution in [0.25, 0.3) is 0 Å². The standard InChI is InChI=1S/C18H29ClN2/c1-18(2)10-6-8-15(17(18)20-3)13-21(4)12-14-7-5-9-16(19)11-14/h5,7,9,11,15,17,20H,6,8,10,12-13H2,1-4H3. The highest BCUT2D eigenvalue weighted by Crippen LogP contribution is 2.39. The first kappa shape index (κ1) is 16.8. The molecule has 1 aliphatic carbocycles. The maximum atomic E-state index is 6.07. The lowest BCUT2D eigenvalue weighted by Crippen LogP contribution is -2.51. The number of hydrogen-bond donors (Lipinski definition) is 1. The monoisotopic (exact) mass is 308 g/mol. The van der Waals surface area contributed by atoms with Crippen LogP contribution in [-0.4, -0.2) is 31.6 Å². The zero-order chi connectivity index (χ0) is 15.5. The van der Waals surface area contributed by atoms with Gasteiger partial charge in [-0.3, -0.25) is 0 Å². The molecule has 0 radical (unpaired) electrons. The van der Waals surface area contributed by atoms with Crippen molar-refractivity contribution in [2.24, 2.45) is 11.3 Å². The smallest absolute Gasteiger partial charge is 0.0409 e. The molecule has 1 aromatic carbocycles. The molecule has 0 amide bonds. The number of nitrogens with one attached hydrogen (secondary N) is 1. The fourth-order valence-electron chi connectivity index (χ4n) is 4.02. The summed E-state index contributed by atoms with van der Waals surface area (Å²) in [6, 6.07) is 8.80. The second-order valence-corrected chi connectivity index (χ2v) is 7.67. The lowest BCUT2D eigenvalue weighted by atomic mass is 9.68. The van der Waals surface area contributed by atoms with Crippen LogP contribution < -0.4 is 5.32 Å². The summed E-state index contributed by atoms with van der Waals surface area (Å²) in [7, 11) is 4.33. The molecule has 1 aliphatic rings. The second-order valence-electron chi connectivity index (χ2n) is 7.23. The van der Waals surface area contributed by atoms with E-state index in [1.807, 2.05) is 12.1 Å². The quantitative estimate of drug-likeness (QED) is 0.877. The van der Waals surface area contributed by atoms with Crippen molar-refractivity contribution in [1.82, 2.24) is 10.2 Å². The summed E-state index contributed by atoms with van der Waals surface area (Å²) in [4.78, 5) is 2.43. The van der Waals surface area contributed by atoms with Crippen LogP contribution in [0.2, 0.25) is 5.02 Å². The Hall–Kier alpha value is -0.570. The Bertz CT molecular complexity index is 458. The van der Waals surface area contributed by atoms with Gasteiger partial charge in [0, 0.05) is 24.2 Å². The van der Waals surface area contributed by atoms with Crippen molar-refractivity contribution < 1.29 is 0 Å². The number of hydrogen-bond acceptors (Lipinski definition) is 2. The SMILES string of the molecule is CNC1C(CN(C)Cc2cccc(Cl)c2)CCCC1(C)C. The van der Waals surface area contributed by atoms with Gasteiger partial charge >= 0.3 is 0 Å². The van der Waals surface area contributed by atoms with E-state index in [0.29, 0.717) is 11.5 Å². The van der Waals surface area contributed by atoms with E-state index in [-0.39, 0.29) is 0 Å².